The molecule has 1 saturated heterocycles. The predicted octanol–water partition coefficient (Wildman–Crippen LogP) is 5.14. The molecule has 1 aliphatic heterocycles. The van der Waals surface area contributed by atoms with Crippen molar-refractivity contribution in [2.75, 3.05) is 16.8 Å². The van der Waals surface area contributed by atoms with Crippen LogP contribution in [0, 0.1) is 5.41 Å². The largest absolute Gasteiger partial charge is 0.381 e. The summed E-state index contributed by atoms with van der Waals surface area (Å²) in [5.74, 6) is 3.19. The molecule has 2 rings (SSSR count). The van der Waals surface area contributed by atoms with Crippen LogP contribution in [0.5, 0.6) is 0 Å². The first-order valence-electron chi connectivity index (χ1n) is 7.44. The van der Waals surface area contributed by atoms with Crippen LogP contribution >= 0.6 is 11.8 Å². The van der Waals surface area contributed by atoms with Crippen LogP contribution in [0.2, 0.25) is 0 Å². The van der Waals surface area contributed by atoms with Gasteiger partial charge >= 0.3 is 0 Å². The molecule has 0 bridgehead atoms. The van der Waals surface area contributed by atoms with Crippen molar-refractivity contribution in [3.63, 3.8) is 0 Å². The number of benzene rings is 1. The van der Waals surface area contributed by atoms with Crippen molar-refractivity contribution < 1.29 is 0 Å². The zero-order valence-electron chi connectivity index (χ0n) is 12.7. The molecule has 2 atom stereocenters. The van der Waals surface area contributed by atoms with Crippen LogP contribution in [-0.2, 0) is 0 Å². The van der Waals surface area contributed by atoms with E-state index >= 15 is 0 Å². The van der Waals surface area contributed by atoms with Gasteiger partial charge in [-0.2, -0.15) is 11.8 Å². The third kappa shape index (κ3) is 4.17. The maximum absolute atomic E-state index is 3.70. The number of nitrogens with one attached hydrogen (secondary N) is 1. The third-order valence-corrected chi connectivity index (χ3v) is 5.70. The van der Waals surface area contributed by atoms with Crippen LogP contribution in [0.4, 0.5) is 5.69 Å². The van der Waals surface area contributed by atoms with Gasteiger partial charge in [0.2, 0.25) is 0 Å². The second kappa shape index (κ2) is 6.21. The fourth-order valence-corrected chi connectivity index (χ4v) is 4.01. The minimum atomic E-state index is 0.469. The Morgan fingerprint density at radius 1 is 1.32 bits per heavy atom. The van der Waals surface area contributed by atoms with Crippen molar-refractivity contribution >= 4 is 17.4 Å². The first-order chi connectivity index (χ1) is 9.00. The summed E-state index contributed by atoms with van der Waals surface area (Å²) in [5, 5.41) is 3.70. The zero-order chi connectivity index (χ0) is 13.9. The van der Waals surface area contributed by atoms with E-state index < -0.39 is 0 Å². The standard InChI is InChI=1S/C17H27NS/c1-5-13(2)14-6-8-15(9-7-14)18-16-10-17(3,4)12-19-11-16/h6-9,13,16,18H,5,10-12H2,1-4H3. The second-order valence-electron chi connectivity index (χ2n) is 6.66. The van der Waals surface area contributed by atoms with Crippen molar-refractivity contribution in [2.45, 2.75) is 52.5 Å². The first kappa shape index (κ1) is 14.8. The molecule has 1 aromatic rings. The van der Waals surface area contributed by atoms with Gasteiger partial charge in [-0.25, -0.2) is 0 Å². The highest BCUT2D eigenvalue weighted by Gasteiger charge is 2.28. The minimum absolute atomic E-state index is 0.469. The van der Waals surface area contributed by atoms with E-state index in [2.05, 4.69) is 69.0 Å². The highest BCUT2D eigenvalue weighted by molar-refractivity contribution is 7.99. The number of rotatable bonds is 4. The monoisotopic (exact) mass is 277 g/mol. The summed E-state index contributed by atoms with van der Waals surface area (Å²) in [4.78, 5) is 0. The van der Waals surface area contributed by atoms with Crippen molar-refractivity contribution in [2.24, 2.45) is 5.41 Å². The molecule has 0 saturated carbocycles. The van der Waals surface area contributed by atoms with E-state index in [1.165, 1.54) is 35.6 Å². The quantitative estimate of drug-likeness (QED) is 0.817. The molecule has 1 aliphatic rings. The molecule has 2 heteroatoms. The average molecular weight is 277 g/mol. The Bertz CT molecular complexity index is 396. The maximum atomic E-state index is 3.70. The van der Waals surface area contributed by atoms with Crippen molar-refractivity contribution in [3.05, 3.63) is 29.8 Å². The fraction of sp³-hybridized carbons (Fsp3) is 0.647. The van der Waals surface area contributed by atoms with Gasteiger partial charge in [-0.3, -0.25) is 0 Å². The fourth-order valence-electron chi connectivity index (χ4n) is 2.73. The summed E-state index contributed by atoms with van der Waals surface area (Å²) in [5.41, 5.74) is 3.19. The minimum Gasteiger partial charge on any atom is -0.381 e. The van der Waals surface area contributed by atoms with E-state index in [4.69, 9.17) is 0 Å². The first-order valence-corrected chi connectivity index (χ1v) is 8.60. The highest BCUT2D eigenvalue weighted by Crippen LogP contribution is 2.34. The molecule has 0 aromatic heterocycles. The average Bonchev–Trinajstić information content (AvgIpc) is 2.37. The van der Waals surface area contributed by atoms with Crippen LogP contribution in [-0.4, -0.2) is 17.5 Å². The van der Waals surface area contributed by atoms with Crippen molar-refractivity contribution in [3.8, 4) is 0 Å². The van der Waals surface area contributed by atoms with Gasteiger partial charge in [0.25, 0.3) is 0 Å². The molecule has 106 valence electrons. The molecular formula is C17H27NS. The molecule has 1 N–H and O–H groups in total. The summed E-state index contributed by atoms with van der Waals surface area (Å²) in [7, 11) is 0. The molecule has 2 unspecified atom stereocenters. The van der Waals surface area contributed by atoms with E-state index in [0.717, 1.165) is 0 Å². The van der Waals surface area contributed by atoms with Gasteiger partial charge in [0.05, 0.1) is 0 Å². The number of hydrogen-bond acceptors (Lipinski definition) is 2. The summed E-state index contributed by atoms with van der Waals surface area (Å²) < 4.78 is 0. The number of thioether (sulfide) groups is 1. The molecule has 0 spiro atoms. The lowest BCUT2D eigenvalue weighted by atomic mass is 9.87. The van der Waals surface area contributed by atoms with E-state index in [-0.39, 0.29) is 0 Å². The molecular weight excluding hydrogens is 250 g/mol. The topological polar surface area (TPSA) is 12.0 Å². The zero-order valence-corrected chi connectivity index (χ0v) is 13.5. The SMILES string of the molecule is CCC(C)c1ccc(NC2CSCC(C)(C)C2)cc1. The van der Waals surface area contributed by atoms with E-state index in [0.29, 0.717) is 17.4 Å². The van der Waals surface area contributed by atoms with Gasteiger partial charge in [-0.1, -0.05) is 39.8 Å². The Balaban J connectivity index is 1.96. The molecule has 0 aliphatic carbocycles. The Hall–Kier alpha value is -0.630. The summed E-state index contributed by atoms with van der Waals surface area (Å²) in [6.07, 6.45) is 2.48. The maximum Gasteiger partial charge on any atom is 0.0357 e. The van der Waals surface area contributed by atoms with Gasteiger partial charge in [0.1, 0.15) is 0 Å². The highest BCUT2D eigenvalue weighted by atomic mass is 32.2. The van der Waals surface area contributed by atoms with Gasteiger partial charge < -0.3 is 5.32 Å². The molecule has 1 aromatic carbocycles. The van der Waals surface area contributed by atoms with Crippen LogP contribution in [0.1, 0.15) is 52.0 Å². The van der Waals surface area contributed by atoms with E-state index in [1.54, 1.807) is 0 Å². The lowest BCUT2D eigenvalue weighted by Gasteiger charge is -2.35. The number of anilines is 1. The molecule has 19 heavy (non-hydrogen) atoms. The number of hydrogen-bond donors (Lipinski definition) is 1. The molecule has 0 radical (unpaired) electrons. The van der Waals surface area contributed by atoms with Gasteiger partial charge in [0.15, 0.2) is 0 Å². The van der Waals surface area contributed by atoms with Crippen LogP contribution in [0.15, 0.2) is 24.3 Å². The van der Waals surface area contributed by atoms with Crippen LogP contribution < -0.4 is 5.32 Å². The lowest BCUT2D eigenvalue weighted by Crippen LogP contribution is -2.35. The third-order valence-electron chi connectivity index (χ3n) is 4.07. The van der Waals surface area contributed by atoms with Crippen LogP contribution in [0.25, 0.3) is 0 Å². The van der Waals surface area contributed by atoms with Crippen molar-refractivity contribution in [1.82, 2.24) is 0 Å². The van der Waals surface area contributed by atoms with E-state index in [9.17, 15) is 0 Å². The molecule has 1 fully saturated rings. The Labute approximate surface area is 122 Å². The van der Waals surface area contributed by atoms with E-state index in [1.807, 2.05) is 0 Å². The summed E-state index contributed by atoms with van der Waals surface area (Å²) in [6, 6.07) is 9.65. The lowest BCUT2D eigenvalue weighted by molar-refractivity contribution is 0.358. The van der Waals surface area contributed by atoms with Gasteiger partial charge in [-0.05, 0) is 47.6 Å². The normalized spacial score (nSPS) is 23.9. The molecule has 0 amide bonds. The molecule has 1 heterocycles. The predicted molar refractivity (Wildman–Crippen MR) is 88.3 cm³/mol. The smallest absolute Gasteiger partial charge is 0.0357 e. The van der Waals surface area contributed by atoms with Crippen molar-refractivity contribution in [1.29, 1.82) is 0 Å². The Kier molecular flexibility index (Phi) is 4.83. The van der Waals surface area contributed by atoms with Crippen LogP contribution in [0.3, 0.4) is 0 Å². The second-order valence-corrected chi connectivity index (χ2v) is 7.69. The Morgan fingerprint density at radius 3 is 2.58 bits per heavy atom. The van der Waals surface area contributed by atoms with Gasteiger partial charge in [-0.15, -0.1) is 0 Å². The molecule has 1 nitrogen and oxygen atoms in total. The Morgan fingerprint density at radius 2 is 2.00 bits per heavy atom. The summed E-state index contributed by atoms with van der Waals surface area (Å²) in [6.45, 7) is 9.29. The van der Waals surface area contributed by atoms with Gasteiger partial charge in [0, 0.05) is 17.5 Å². The summed E-state index contributed by atoms with van der Waals surface area (Å²) >= 11 is 2.08.